The molecule has 3 aromatic carbocycles. The minimum absolute atomic E-state index is 0.155. The van der Waals surface area contributed by atoms with Crippen LogP contribution in [0.3, 0.4) is 0 Å². The first-order valence-electron chi connectivity index (χ1n) is 14.0. The number of hydrogen-bond donors (Lipinski definition) is 3. The topological polar surface area (TPSA) is 153 Å². The summed E-state index contributed by atoms with van der Waals surface area (Å²) in [5.41, 5.74) is 17.5. The van der Waals surface area contributed by atoms with Crippen LogP contribution in [0.4, 0.5) is 17.7 Å². The highest BCUT2D eigenvalue weighted by atomic mass is 35.5. The Morgan fingerprint density at radius 3 is 1.78 bits per heavy atom. The fourth-order valence-corrected chi connectivity index (χ4v) is 5.85. The summed E-state index contributed by atoms with van der Waals surface area (Å²) in [6.45, 7) is 4.46. The van der Waals surface area contributed by atoms with Crippen LogP contribution < -0.4 is 16.8 Å². The van der Waals surface area contributed by atoms with Gasteiger partial charge in [-0.1, -0.05) is 71.2 Å². The average molecular weight is 700 g/mol. The summed E-state index contributed by atoms with van der Waals surface area (Å²) < 4.78 is 25.5. The molecule has 5 rings (SSSR count). The number of rotatable bonds is 8. The summed E-state index contributed by atoms with van der Waals surface area (Å²) in [7, 11) is -0.395. The smallest absolute Gasteiger partial charge is 0.242 e. The maximum Gasteiger partial charge on any atom is 0.242 e. The molecule has 46 heavy (non-hydrogen) atoms. The lowest BCUT2D eigenvalue weighted by Gasteiger charge is -2.12. The second-order valence-electron chi connectivity index (χ2n) is 10.4. The van der Waals surface area contributed by atoms with Crippen molar-refractivity contribution < 1.29 is 8.42 Å². The largest absolute Gasteiger partial charge is 0.370 e. The molecule has 0 fully saturated rings. The molecular weight excluding hydrogens is 667 g/mol. The van der Waals surface area contributed by atoms with Crippen molar-refractivity contribution in [3.63, 3.8) is 0 Å². The Labute approximate surface area is 283 Å². The molecule has 0 amide bonds. The quantitative estimate of drug-likeness (QED) is 0.146. The van der Waals surface area contributed by atoms with Gasteiger partial charge in [0.1, 0.15) is 11.0 Å². The van der Waals surface area contributed by atoms with Crippen molar-refractivity contribution in [2.75, 3.05) is 37.4 Å². The van der Waals surface area contributed by atoms with Crippen LogP contribution >= 0.6 is 34.8 Å². The van der Waals surface area contributed by atoms with Gasteiger partial charge in [0.25, 0.3) is 0 Å². The van der Waals surface area contributed by atoms with Gasteiger partial charge in [0.2, 0.25) is 21.9 Å². The summed E-state index contributed by atoms with van der Waals surface area (Å²) in [6.07, 6.45) is 0.692. The highest BCUT2D eigenvalue weighted by Crippen LogP contribution is 2.30. The van der Waals surface area contributed by atoms with E-state index in [0.717, 1.165) is 27.8 Å². The van der Waals surface area contributed by atoms with Gasteiger partial charge in [0.15, 0.2) is 0 Å². The Hall–Kier alpha value is -4.00. The SMILES string of the molecule is Cc1c(Cl)cccc1-c1cc(Cl)nc(N)n1.Cc1c(Cl)cccc1-c1cc(NCCc2ccc(S(=O)(=O)N(C)C)cc2)nc(N)n1. The first kappa shape index (κ1) is 34.9. The minimum atomic E-state index is -3.42. The van der Waals surface area contributed by atoms with Gasteiger partial charge in [-0.25, -0.2) is 27.7 Å². The second-order valence-corrected chi connectivity index (χ2v) is 13.7. The lowest BCUT2D eigenvalue weighted by molar-refractivity contribution is 0.520. The monoisotopic (exact) mass is 698 g/mol. The van der Waals surface area contributed by atoms with E-state index >= 15 is 0 Å². The minimum Gasteiger partial charge on any atom is -0.370 e. The van der Waals surface area contributed by atoms with Crippen LogP contribution in [0.2, 0.25) is 15.2 Å². The Morgan fingerprint density at radius 2 is 1.26 bits per heavy atom. The van der Waals surface area contributed by atoms with E-state index in [9.17, 15) is 8.42 Å². The maximum atomic E-state index is 12.1. The molecule has 0 unspecified atom stereocenters. The number of hydrogen-bond acceptors (Lipinski definition) is 9. The Bertz CT molecular complexity index is 1940. The predicted octanol–water partition coefficient (Wildman–Crippen LogP) is 6.93. The zero-order valence-corrected chi connectivity index (χ0v) is 28.7. The van der Waals surface area contributed by atoms with E-state index in [4.69, 9.17) is 46.3 Å². The van der Waals surface area contributed by atoms with E-state index in [1.807, 2.05) is 68.4 Å². The van der Waals surface area contributed by atoms with E-state index in [1.165, 1.54) is 18.4 Å². The molecule has 0 saturated carbocycles. The van der Waals surface area contributed by atoms with E-state index in [-0.39, 0.29) is 16.8 Å². The number of benzene rings is 3. The number of halogens is 3. The standard InChI is InChI=1S/C21H24ClN5O2S.C11H9Cl2N3/c1-14-17(5-4-6-18(14)22)19-13-20(26-21(23)25-19)24-12-11-15-7-9-16(10-8-15)30(28,29)27(2)3;1-6-7(3-2-4-8(6)12)9-5-10(13)16-11(14)15-9/h4-10,13H,11-12H2,1-3H3,(H3,23,24,25,26);2-5H,1H3,(H2,14,15,16). The molecule has 0 spiro atoms. The summed E-state index contributed by atoms with van der Waals surface area (Å²) in [4.78, 5) is 16.8. The molecule has 0 atom stereocenters. The molecule has 0 aliphatic rings. The number of nitrogens with zero attached hydrogens (tertiary/aromatic N) is 5. The number of nitrogen functional groups attached to an aromatic ring is 2. The van der Waals surface area contributed by atoms with Crippen molar-refractivity contribution in [2.24, 2.45) is 0 Å². The van der Waals surface area contributed by atoms with Gasteiger partial charge in [-0.3, -0.25) is 0 Å². The first-order valence-corrected chi connectivity index (χ1v) is 16.5. The van der Waals surface area contributed by atoms with Gasteiger partial charge in [-0.15, -0.1) is 0 Å². The number of aromatic nitrogens is 4. The number of sulfonamides is 1. The van der Waals surface area contributed by atoms with Crippen LogP contribution in [-0.2, 0) is 16.4 Å². The number of nitrogens with two attached hydrogens (primary N) is 2. The van der Waals surface area contributed by atoms with Crippen molar-refractivity contribution in [3.8, 4) is 22.5 Å². The zero-order chi connectivity index (χ0) is 33.6. The summed E-state index contributed by atoms with van der Waals surface area (Å²) in [5, 5.41) is 4.92. The van der Waals surface area contributed by atoms with Crippen LogP contribution in [0, 0.1) is 13.8 Å². The van der Waals surface area contributed by atoms with Crippen LogP contribution in [-0.4, -0.2) is 53.3 Å². The van der Waals surface area contributed by atoms with Crippen molar-refractivity contribution in [1.82, 2.24) is 24.2 Å². The summed E-state index contributed by atoms with van der Waals surface area (Å²) in [5.74, 6) is 0.943. The normalized spacial score (nSPS) is 11.2. The molecule has 5 N–H and O–H groups in total. The molecule has 0 aliphatic carbocycles. The Morgan fingerprint density at radius 1 is 0.739 bits per heavy atom. The molecule has 5 aromatic rings. The van der Waals surface area contributed by atoms with Crippen LogP contribution in [0.1, 0.15) is 16.7 Å². The molecule has 0 aliphatic heterocycles. The van der Waals surface area contributed by atoms with Gasteiger partial charge >= 0.3 is 0 Å². The maximum absolute atomic E-state index is 12.1. The second kappa shape index (κ2) is 15.1. The van der Waals surface area contributed by atoms with Gasteiger partial charge in [-0.2, -0.15) is 4.98 Å². The molecule has 2 aromatic heterocycles. The van der Waals surface area contributed by atoms with Crippen molar-refractivity contribution in [2.45, 2.75) is 25.2 Å². The van der Waals surface area contributed by atoms with E-state index < -0.39 is 10.0 Å². The van der Waals surface area contributed by atoms with Crippen LogP contribution in [0.5, 0.6) is 0 Å². The number of anilines is 3. The van der Waals surface area contributed by atoms with Gasteiger partial charge in [0, 0.05) is 53.9 Å². The average Bonchev–Trinajstić information content (AvgIpc) is 2.99. The molecule has 14 heteroatoms. The van der Waals surface area contributed by atoms with Gasteiger partial charge in [-0.05, 0) is 61.2 Å². The van der Waals surface area contributed by atoms with Crippen molar-refractivity contribution >= 4 is 62.5 Å². The first-order chi connectivity index (χ1) is 21.8. The predicted molar refractivity (Wildman–Crippen MR) is 188 cm³/mol. The zero-order valence-electron chi connectivity index (χ0n) is 25.6. The van der Waals surface area contributed by atoms with E-state index in [1.54, 1.807) is 18.2 Å². The molecule has 240 valence electrons. The van der Waals surface area contributed by atoms with E-state index in [2.05, 4.69) is 25.3 Å². The third-order valence-corrected chi connectivity index (χ3v) is 9.81. The molecule has 2 heterocycles. The molecule has 10 nitrogen and oxygen atoms in total. The third kappa shape index (κ3) is 8.62. The highest BCUT2D eigenvalue weighted by molar-refractivity contribution is 7.89. The fraction of sp³-hybridized carbons (Fsp3) is 0.188. The fourth-order valence-electron chi connectivity index (χ4n) is 4.41. The Balaban J connectivity index is 0.000000252. The van der Waals surface area contributed by atoms with Gasteiger partial charge in [0.05, 0.1) is 16.3 Å². The van der Waals surface area contributed by atoms with Crippen LogP contribution in [0.25, 0.3) is 22.5 Å². The lowest BCUT2D eigenvalue weighted by Crippen LogP contribution is -2.22. The van der Waals surface area contributed by atoms with E-state index in [0.29, 0.717) is 45.4 Å². The third-order valence-electron chi connectivity index (χ3n) is 6.96. The van der Waals surface area contributed by atoms with Crippen molar-refractivity contribution in [3.05, 3.63) is 105 Å². The highest BCUT2D eigenvalue weighted by Gasteiger charge is 2.16. The lowest BCUT2D eigenvalue weighted by atomic mass is 10.1. The molecule has 0 radical (unpaired) electrons. The molecular formula is C32H33Cl3N8O2S. The van der Waals surface area contributed by atoms with Gasteiger partial charge < -0.3 is 16.8 Å². The Kier molecular flexibility index (Phi) is 11.4. The van der Waals surface area contributed by atoms with Crippen LogP contribution in [0.15, 0.2) is 77.7 Å². The summed E-state index contributed by atoms with van der Waals surface area (Å²) >= 11 is 18.1. The molecule has 0 bridgehead atoms. The summed E-state index contributed by atoms with van der Waals surface area (Å²) in [6, 6.07) is 21.6. The number of nitrogens with one attached hydrogen (secondary N) is 1. The molecule has 0 saturated heterocycles. The van der Waals surface area contributed by atoms with Crippen molar-refractivity contribution in [1.29, 1.82) is 0 Å².